The van der Waals surface area contributed by atoms with Gasteiger partial charge in [-0.3, -0.25) is 0 Å². The van der Waals surface area contributed by atoms with Crippen molar-refractivity contribution in [3.05, 3.63) is 30.2 Å². The molecule has 0 aromatic heterocycles. The molecule has 73 valence electrons. The zero-order valence-electron chi connectivity index (χ0n) is 8.92. The van der Waals surface area contributed by atoms with Gasteiger partial charge in [-0.05, 0) is 12.3 Å². The van der Waals surface area contributed by atoms with Gasteiger partial charge in [0, 0.05) is 6.42 Å². The van der Waals surface area contributed by atoms with E-state index in [-0.39, 0.29) is 0 Å². The Kier molecular flexibility index (Phi) is 4.88. The van der Waals surface area contributed by atoms with E-state index in [0.717, 1.165) is 5.92 Å². The van der Waals surface area contributed by atoms with E-state index in [1.54, 1.807) is 0 Å². The summed E-state index contributed by atoms with van der Waals surface area (Å²) in [4.78, 5) is 0. The van der Waals surface area contributed by atoms with Crippen molar-refractivity contribution in [1.82, 2.24) is 0 Å². The van der Waals surface area contributed by atoms with Gasteiger partial charge in [-0.15, -0.1) is 0 Å². The monoisotopic (exact) mass is 177 g/mol. The second-order valence-corrected chi connectivity index (χ2v) is 3.91. The van der Waals surface area contributed by atoms with E-state index in [1.165, 1.54) is 37.7 Å². The maximum Gasteiger partial charge on any atom is 0.00836 e. The van der Waals surface area contributed by atoms with Gasteiger partial charge in [-0.1, -0.05) is 63.3 Å². The Labute approximate surface area is 82.7 Å². The summed E-state index contributed by atoms with van der Waals surface area (Å²) in [5.74, 6) is 0.905. The Balaban J connectivity index is 2.23. The van der Waals surface area contributed by atoms with Crippen LogP contribution in [0.2, 0.25) is 0 Å². The average molecular weight is 177 g/mol. The first kappa shape index (κ1) is 10.6. The smallest absolute Gasteiger partial charge is 0.00836 e. The largest absolute Gasteiger partial charge is 0.0764 e. The molecule has 1 atom stereocenters. The minimum Gasteiger partial charge on any atom is -0.0764 e. The molecule has 0 heterocycles. The van der Waals surface area contributed by atoms with Gasteiger partial charge < -0.3 is 0 Å². The minimum atomic E-state index is 0.905. The van der Waals surface area contributed by atoms with E-state index in [4.69, 9.17) is 0 Å². The molecule has 0 aliphatic heterocycles. The van der Waals surface area contributed by atoms with E-state index in [2.05, 4.69) is 38.5 Å². The number of hydrogen-bond donors (Lipinski definition) is 0. The standard InChI is InChI=1S/C13H21/c1-3-5-8-12(4-2)11-13-9-6-7-10-13/h6-7,9-10,12H,3-5,8,11H2,1-2H3. The van der Waals surface area contributed by atoms with Gasteiger partial charge in [0.05, 0.1) is 0 Å². The summed E-state index contributed by atoms with van der Waals surface area (Å²) in [5.41, 5.74) is 1.52. The third-order valence-corrected chi connectivity index (χ3v) is 2.80. The summed E-state index contributed by atoms with van der Waals surface area (Å²) in [6.07, 6.45) is 15.5. The normalized spacial score (nSPS) is 17.5. The fourth-order valence-electron chi connectivity index (χ4n) is 1.83. The third kappa shape index (κ3) is 3.80. The zero-order chi connectivity index (χ0) is 9.52. The van der Waals surface area contributed by atoms with Crippen LogP contribution in [0.25, 0.3) is 0 Å². The lowest BCUT2D eigenvalue weighted by Crippen LogP contribution is -2.00. The van der Waals surface area contributed by atoms with Crippen LogP contribution in [0.4, 0.5) is 0 Å². The zero-order valence-corrected chi connectivity index (χ0v) is 8.92. The molecule has 1 rings (SSSR count). The molecule has 0 saturated heterocycles. The van der Waals surface area contributed by atoms with E-state index in [0.29, 0.717) is 0 Å². The topological polar surface area (TPSA) is 0 Å². The lowest BCUT2D eigenvalue weighted by molar-refractivity contribution is 0.450. The SMILES string of the molecule is CCCCC(CC)CC1=CC=C[CH]1. The van der Waals surface area contributed by atoms with Crippen molar-refractivity contribution in [2.45, 2.75) is 46.0 Å². The van der Waals surface area contributed by atoms with E-state index < -0.39 is 0 Å². The van der Waals surface area contributed by atoms with Crippen LogP contribution in [-0.2, 0) is 0 Å². The summed E-state index contributed by atoms with van der Waals surface area (Å²) in [7, 11) is 0. The summed E-state index contributed by atoms with van der Waals surface area (Å²) >= 11 is 0. The molecule has 0 amide bonds. The molecule has 1 aliphatic rings. The van der Waals surface area contributed by atoms with Crippen LogP contribution in [0, 0.1) is 12.3 Å². The minimum absolute atomic E-state index is 0.905. The fourth-order valence-corrected chi connectivity index (χ4v) is 1.83. The maximum atomic E-state index is 2.31. The highest BCUT2D eigenvalue weighted by Gasteiger charge is 2.09. The van der Waals surface area contributed by atoms with E-state index >= 15 is 0 Å². The van der Waals surface area contributed by atoms with Crippen molar-refractivity contribution >= 4 is 0 Å². The van der Waals surface area contributed by atoms with Crippen molar-refractivity contribution < 1.29 is 0 Å². The molecule has 13 heavy (non-hydrogen) atoms. The summed E-state index contributed by atoms with van der Waals surface area (Å²) < 4.78 is 0. The van der Waals surface area contributed by atoms with Crippen LogP contribution in [0.15, 0.2) is 23.8 Å². The molecule has 0 nitrogen and oxygen atoms in total. The quantitative estimate of drug-likeness (QED) is 0.567. The van der Waals surface area contributed by atoms with Crippen LogP contribution < -0.4 is 0 Å². The second kappa shape index (κ2) is 6.01. The number of rotatable bonds is 6. The van der Waals surface area contributed by atoms with Gasteiger partial charge in [-0.2, -0.15) is 0 Å². The highest BCUT2D eigenvalue weighted by Crippen LogP contribution is 2.24. The Morgan fingerprint density at radius 2 is 2.08 bits per heavy atom. The number of unbranched alkanes of at least 4 members (excludes halogenated alkanes) is 1. The van der Waals surface area contributed by atoms with Gasteiger partial charge in [0.2, 0.25) is 0 Å². The van der Waals surface area contributed by atoms with Crippen molar-refractivity contribution in [2.24, 2.45) is 5.92 Å². The molecule has 1 aliphatic carbocycles. The molecule has 1 radical (unpaired) electrons. The van der Waals surface area contributed by atoms with Crippen LogP contribution in [0.5, 0.6) is 0 Å². The fraction of sp³-hybridized carbons (Fsp3) is 0.615. The molecular formula is C13H21. The maximum absolute atomic E-state index is 2.31. The Morgan fingerprint density at radius 1 is 1.23 bits per heavy atom. The van der Waals surface area contributed by atoms with Crippen molar-refractivity contribution in [3.63, 3.8) is 0 Å². The summed E-state index contributed by atoms with van der Waals surface area (Å²) in [6.45, 7) is 4.58. The van der Waals surface area contributed by atoms with Gasteiger partial charge in [0.1, 0.15) is 0 Å². The lowest BCUT2D eigenvalue weighted by Gasteiger charge is -2.14. The average Bonchev–Trinajstić information content (AvgIpc) is 2.64. The summed E-state index contributed by atoms with van der Waals surface area (Å²) in [6, 6.07) is 0. The molecular weight excluding hydrogens is 156 g/mol. The molecule has 0 bridgehead atoms. The van der Waals surface area contributed by atoms with Gasteiger partial charge >= 0.3 is 0 Å². The number of allylic oxidation sites excluding steroid dienone is 4. The first-order valence-corrected chi connectivity index (χ1v) is 5.57. The van der Waals surface area contributed by atoms with Crippen LogP contribution >= 0.6 is 0 Å². The van der Waals surface area contributed by atoms with Gasteiger partial charge in [-0.25, -0.2) is 0 Å². The van der Waals surface area contributed by atoms with E-state index in [1.807, 2.05) is 0 Å². The predicted molar refractivity (Wildman–Crippen MR) is 59.4 cm³/mol. The Morgan fingerprint density at radius 3 is 2.62 bits per heavy atom. The van der Waals surface area contributed by atoms with Crippen LogP contribution in [0.1, 0.15) is 46.0 Å². The van der Waals surface area contributed by atoms with Gasteiger partial charge in [0.25, 0.3) is 0 Å². The van der Waals surface area contributed by atoms with Crippen molar-refractivity contribution in [1.29, 1.82) is 0 Å². The highest BCUT2D eigenvalue weighted by atomic mass is 14.1. The second-order valence-electron chi connectivity index (χ2n) is 3.91. The molecule has 1 unspecified atom stereocenters. The first-order chi connectivity index (χ1) is 6.36. The molecule has 0 saturated carbocycles. The van der Waals surface area contributed by atoms with Gasteiger partial charge in [0.15, 0.2) is 0 Å². The molecule has 0 aromatic rings. The highest BCUT2D eigenvalue weighted by molar-refractivity contribution is 5.33. The number of hydrogen-bond acceptors (Lipinski definition) is 0. The van der Waals surface area contributed by atoms with Crippen molar-refractivity contribution in [2.75, 3.05) is 0 Å². The van der Waals surface area contributed by atoms with Crippen molar-refractivity contribution in [3.8, 4) is 0 Å². The first-order valence-electron chi connectivity index (χ1n) is 5.57. The Bertz CT molecular complexity index is 186. The molecule has 0 spiro atoms. The molecule has 0 heteroatoms. The van der Waals surface area contributed by atoms with Crippen LogP contribution in [-0.4, -0.2) is 0 Å². The predicted octanol–water partition coefficient (Wildman–Crippen LogP) is 4.29. The molecule has 0 fully saturated rings. The third-order valence-electron chi connectivity index (χ3n) is 2.80. The van der Waals surface area contributed by atoms with Crippen LogP contribution in [0.3, 0.4) is 0 Å². The molecule has 0 aromatic carbocycles. The summed E-state index contributed by atoms with van der Waals surface area (Å²) in [5, 5.41) is 0. The van der Waals surface area contributed by atoms with E-state index in [9.17, 15) is 0 Å². The Hall–Kier alpha value is -0.520. The molecule has 0 N–H and O–H groups in total. The lowest BCUT2D eigenvalue weighted by atomic mass is 9.91.